The fraction of sp³-hybridized carbons (Fsp3) is 0.324. The number of aromatic nitrogens is 1. The van der Waals surface area contributed by atoms with Gasteiger partial charge >= 0.3 is 0 Å². The number of carbonyl (C=O) groups excluding carboxylic acids is 2. The van der Waals surface area contributed by atoms with Gasteiger partial charge in [-0.25, -0.2) is 4.21 Å². The van der Waals surface area contributed by atoms with Gasteiger partial charge < -0.3 is 19.6 Å². The van der Waals surface area contributed by atoms with Crippen LogP contribution in [0.15, 0.2) is 93.0 Å². The van der Waals surface area contributed by atoms with E-state index in [2.05, 4.69) is 24.5 Å². The fourth-order valence-electron chi connectivity index (χ4n) is 5.18. The SMILES string of the molecule is Cc1ccoc1C(=O)Nc1cccc(-c2cncc(C(=O)N=S(C)(=O)c3ccc(CN4CCN(CCOCCO)CC4)cc3)c2)c1. The van der Waals surface area contributed by atoms with Gasteiger partial charge in [-0.1, -0.05) is 24.3 Å². The molecule has 1 unspecified atom stereocenters. The second-order valence-electron chi connectivity index (χ2n) is 11.2. The van der Waals surface area contributed by atoms with Crippen LogP contribution in [0.4, 0.5) is 5.69 Å². The van der Waals surface area contributed by atoms with Gasteiger partial charge in [-0.3, -0.25) is 24.4 Å². The summed E-state index contributed by atoms with van der Waals surface area (Å²) in [5.41, 5.74) is 3.98. The Morgan fingerprint density at radius 1 is 1.00 bits per heavy atom. The third-order valence-electron chi connectivity index (χ3n) is 7.78. The minimum absolute atomic E-state index is 0.0449. The molecule has 11 nitrogen and oxygen atoms in total. The monoisotopic (exact) mass is 645 g/mol. The van der Waals surface area contributed by atoms with Gasteiger partial charge in [0.25, 0.3) is 11.8 Å². The van der Waals surface area contributed by atoms with E-state index in [1.54, 1.807) is 55.6 Å². The number of nitrogens with one attached hydrogen (secondary N) is 1. The number of piperazine rings is 1. The zero-order valence-electron chi connectivity index (χ0n) is 26.1. The van der Waals surface area contributed by atoms with Crippen LogP contribution in [0.3, 0.4) is 0 Å². The molecule has 1 aliphatic heterocycles. The van der Waals surface area contributed by atoms with Gasteiger partial charge in [0, 0.05) is 79.6 Å². The lowest BCUT2D eigenvalue weighted by atomic mass is 10.1. The maximum atomic E-state index is 13.6. The quantitative estimate of drug-likeness (QED) is 0.216. The van der Waals surface area contributed by atoms with Crippen molar-refractivity contribution in [3.05, 3.63) is 102 Å². The Kier molecular flexibility index (Phi) is 11.1. The largest absolute Gasteiger partial charge is 0.459 e. The Morgan fingerprint density at radius 2 is 1.76 bits per heavy atom. The second-order valence-corrected chi connectivity index (χ2v) is 13.5. The van der Waals surface area contributed by atoms with E-state index in [-0.39, 0.29) is 23.8 Å². The van der Waals surface area contributed by atoms with Crippen molar-refractivity contribution in [3.8, 4) is 11.1 Å². The maximum absolute atomic E-state index is 13.6. The number of amides is 2. The first-order valence-electron chi connectivity index (χ1n) is 15.1. The smallest absolute Gasteiger partial charge is 0.291 e. The first kappa shape index (κ1) is 33.2. The molecule has 0 spiro atoms. The number of aliphatic hydroxyl groups is 1. The third kappa shape index (κ3) is 8.74. The summed E-state index contributed by atoms with van der Waals surface area (Å²) < 4.78 is 28.3. The van der Waals surface area contributed by atoms with Crippen LogP contribution >= 0.6 is 0 Å². The van der Waals surface area contributed by atoms with Crippen molar-refractivity contribution >= 4 is 27.2 Å². The zero-order valence-corrected chi connectivity index (χ0v) is 26.9. The highest BCUT2D eigenvalue weighted by Crippen LogP contribution is 2.24. The topological polar surface area (TPSA) is 138 Å². The van der Waals surface area contributed by atoms with Gasteiger partial charge in [-0.05, 0) is 54.4 Å². The highest BCUT2D eigenvalue weighted by molar-refractivity contribution is 7.93. The highest BCUT2D eigenvalue weighted by atomic mass is 32.2. The van der Waals surface area contributed by atoms with E-state index >= 15 is 0 Å². The van der Waals surface area contributed by atoms with Crippen molar-refractivity contribution in [1.29, 1.82) is 0 Å². The molecule has 46 heavy (non-hydrogen) atoms. The molecule has 3 heterocycles. The van der Waals surface area contributed by atoms with E-state index in [1.807, 2.05) is 18.2 Å². The standard InChI is InChI=1S/C34H39N5O6S/c1-25-10-17-45-32(25)34(42)36-30-5-3-4-27(21-30)28-20-29(23-35-22-28)33(41)37-46(2,43)31-8-6-26(7-9-31)24-39-13-11-38(12-14-39)15-18-44-19-16-40/h3-10,17,20-23,40H,11-16,18-19,24H2,1-2H3,(H,36,42). The molecule has 0 bridgehead atoms. The van der Waals surface area contributed by atoms with Gasteiger partial charge in [-0.15, -0.1) is 0 Å². The fourth-order valence-corrected chi connectivity index (χ4v) is 6.35. The normalized spacial score (nSPS) is 15.3. The molecule has 1 fully saturated rings. The van der Waals surface area contributed by atoms with Gasteiger partial charge in [0.15, 0.2) is 5.76 Å². The number of anilines is 1. The van der Waals surface area contributed by atoms with E-state index in [0.717, 1.165) is 56.0 Å². The molecule has 12 heteroatoms. The third-order valence-corrected chi connectivity index (χ3v) is 9.44. The summed E-state index contributed by atoms with van der Waals surface area (Å²) in [6, 6.07) is 18.0. The number of benzene rings is 2. The number of nitrogens with zero attached hydrogens (tertiary/aromatic N) is 4. The lowest BCUT2D eigenvalue weighted by Crippen LogP contribution is -2.46. The van der Waals surface area contributed by atoms with Crippen LogP contribution < -0.4 is 5.32 Å². The molecule has 1 saturated heterocycles. The molecule has 0 aliphatic carbocycles. The first-order chi connectivity index (χ1) is 22.2. The van der Waals surface area contributed by atoms with E-state index in [0.29, 0.717) is 29.4 Å². The predicted octanol–water partition coefficient (Wildman–Crippen LogP) is 4.33. The summed E-state index contributed by atoms with van der Waals surface area (Å²) in [5, 5.41) is 11.7. The van der Waals surface area contributed by atoms with Crippen LogP contribution in [0.5, 0.6) is 0 Å². The summed E-state index contributed by atoms with van der Waals surface area (Å²) in [6.45, 7) is 8.25. The van der Waals surface area contributed by atoms with Crippen molar-refractivity contribution in [2.45, 2.75) is 18.4 Å². The predicted molar refractivity (Wildman–Crippen MR) is 176 cm³/mol. The first-order valence-corrected chi connectivity index (χ1v) is 17.0. The molecule has 2 N–H and O–H groups in total. The molecule has 2 amide bonds. The average molecular weight is 646 g/mol. The van der Waals surface area contributed by atoms with Crippen molar-refractivity contribution in [1.82, 2.24) is 14.8 Å². The number of pyridine rings is 1. The molecular weight excluding hydrogens is 606 g/mol. The van der Waals surface area contributed by atoms with Crippen molar-refractivity contribution in [3.63, 3.8) is 0 Å². The summed E-state index contributed by atoms with van der Waals surface area (Å²) in [5.74, 6) is -0.739. The average Bonchev–Trinajstić information content (AvgIpc) is 3.50. The number of rotatable bonds is 12. The van der Waals surface area contributed by atoms with Crippen LogP contribution in [0, 0.1) is 6.92 Å². The molecule has 4 aromatic rings. The van der Waals surface area contributed by atoms with Gasteiger partial charge in [0.1, 0.15) is 0 Å². The number of carbonyl (C=O) groups is 2. The highest BCUT2D eigenvalue weighted by Gasteiger charge is 2.18. The number of furan rings is 1. The molecule has 5 rings (SSSR count). The Hall–Kier alpha value is -4.20. The Labute approximate surface area is 269 Å². The summed E-state index contributed by atoms with van der Waals surface area (Å²) >= 11 is 0. The van der Waals surface area contributed by atoms with E-state index in [1.165, 1.54) is 18.7 Å². The minimum Gasteiger partial charge on any atom is -0.459 e. The number of aliphatic hydroxyl groups excluding tert-OH is 1. The van der Waals surface area contributed by atoms with Crippen LogP contribution in [0.2, 0.25) is 0 Å². The number of ether oxygens (including phenoxy) is 1. The van der Waals surface area contributed by atoms with Crippen LogP contribution in [0.1, 0.15) is 32.0 Å². The van der Waals surface area contributed by atoms with Gasteiger partial charge in [0.05, 0.1) is 41.4 Å². The van der Waals surface area contributed by atoms with Crippen LogP contribution in [-0.4, -0.2) is 94.7 Å². The minimum atomic E-state index is -3.01. The summed E-state index contributed by atoms with van der Waals surface area (Å²) in [6.07, 6.45) is 5.95. The van der Waals surface area contributed by atoms with Gasteiger partial charge in [-0.2, -0.15) is 4.36 Å². The summed E-state index contributed by atoms with van der Waals surface area (Å²) in [7, 11) is -3.01. The zero-order chi connectivity index (χ0) is 32.5. The lowest BCUT2D eigenvalue weighted by Gasteiger charge is -2.34. The number of hydrogen-bond acceptors (Lipinski definition) is 9. The number of hydrogen-bond donors (Lipinski definition) is 2. The van der Waals surface area contributed by atoms with Crippen LogP contribution in [-0.2, 0) is 21.0 Å². The molecule has 0 saturated carbocycles. The van der Waals surface area contributed by atoms with Crippen molar-refractivity contribution in [2.75, 3.05) is 64.1 Å². The molecule has 0 radical (unpaired) electrons. The molecular formula is C34H39N5O6S. The lowest BCUT2D eigenvalue weighted by molar-refractivity contribution is 0.0564. The van der Waals surface area contributed by atoms with E-state index in [4.69, 9.17) is 14.3 Å². The second kappa shape index (κ2) is 15.4. The van der Waals surface area contributed by atoms with Crippen molar-refractivity contribution < 1.29 is 28.1 Å². The van der Waals surface area contributed by atoms with Crippen molar-refractivity contribution in [2.24, 2.45) is 4.36 Å². The molecule has 1 atom stereocenters. The van der Waals surface area contributed by atoms with E-state index in [9.17, 15) is 13.8 Å². The molecule has 2 aromatic carbocycles. The van der Waals surface area contributed by atoms with E-state index < -0.39 is 15.6 Å². The van der Waals surface area contributed by atoms with Gasteiger partial charge in [0.2, 0.25) is 0 Å². The number of aryl methyl sites for hydroxylation is 1. The maximum Gasteiger partial charge on any atom is 0.291 e. The molecule has 242 valence electrons. The summed E-state index contributed by atoms with van der Waals surface area (Å²) in [4.78, 5) is 35.2. The Bertz CT molecular complexity index is 1770. The Balaban J connectivity index is 1.20. The molecule has 1 aliphatic rings. The Morgan fingerprint density at radius 3 is 2.48 bits per heavy atom. The molecule has 2 aromatic heterocycles. The van der Waals surface area contributed by atoms with Crippen LogP contribution in [0.25, 0.3) is 11.1 Å².